The summed E-state index contributed by atoms with van der Waals surface area (Å²) in [7, 11) is 0. The molecule has 1 aliphatic heterocycles. The molecule has 2 heterocycles. The zero-order chi connectivity index (χ0) is 20.1. The molecule has 1 amide bonds. The third-order valence-corrected chi connectivity index (χ3v) is 4.36. The highest BCUT2D eigenvalue weighted by Crippen LogP contribution is 2.24. The minimum Gasteiger partial charge on any atom is -0.439 e. The lowest BCUT2D eigenvalue weighted by Crippen LogP contribution is -2.46. The molecule has 0 unspecified atom stereocenters. The fourth-order valence-corrected chi connectivity index (χ4v) is 2.86. The Morgan fingerprint density at radius 3 is 2.50 bits per heavy atom. The van der Waals surface area contributed by atoms with E-state index in [2.05, 4.69) is 15.3 Å². The number of likely N-dealkylation sites (tertiary alicyclic amines) is 1. The number of carbonyl (C=O) groups is 1. The van der Waals surface area contributed by atoms with Gasteiger partial charge < -0.3 is 15.0 Å². The van der Waals surface area contributed by atoms with Crippen LogP contribution in [0.1, 0.15) is 12.8 Å². The Morgan fingerprint density at radius 2 is 1.86 bits per heavy atom. The maximum Gasteiger partial charge on any atom is 0.471 e. The van der Waals surface area contributed by atoms with Crippen molar-refractivity contribution >= 4 is 11.9 Å². The molecule has 0 radical (unpaired) electrons. The molecule has 6 nitrogen and oxygen atoms in total. The number of benzene rings is 1. The molecule has 10 heteroatoms. The van der Waals surface area contributed by atoms with Crippen molar-refractivity contribution in [2.75, 3.05) is 25.0 Å². The maximum atomic E-state index is 12.9. The number of aromatic nitrogens is 2. The monoisotopic (exact) mass is 398 g/mol. The summed E-state index contributed by atoms with van der Waals surface area (Å²) in [6.07, 6.45) is -2.41. The lowest BCUT2D eigenvalue weighted by molar-refractivity contribution is -0.186. The number of carbonyl (C=O) groups excluding carboxylic acids is 1. The van der Waals surface area contributed by atoms with Crippen molar-refractivity contribution < 1.29 is 27.1 Å². The summed E-state index contributed by atoms with van der Waals surface area (Å²) in [6, 6.07) is 7.04. The van der Waals surface area contributed by atoms with Gasteiger partial charge in [-0.3, -0.25) is 4.79 Å². The first kappa shape index (κ1) is 19.8. The highest BCUT2D eigenvalue weighted by molar-refractivity contribution is 5.81. The van der Waals surface area contributed by atoms with Gasteiger partial charge in [-0.1, -0.05) is 0 Å². The van der Waals surface area contributed by atoms with Crippen LogP contribution in [0.4, 0.5) is 23.5 Å². The first-order valence-electron chi connectivity index (χ1n) is 8.68. The fourth-order valence-electron chi connectivity index (χ4n) is 2.86. The third kappa shape index (κ3) is 5.30. The normalized spacial score (nSPS) is 15.4. The van der Waals surface area contributed by atoms with Gasteiger partial charge in [0.25, 0.3) is 0 Å². The zero-order valence-electron chi connectivity index (χ0n) is 14.7. The van der Waals surface area contributed by atoms with Gasteiger partial charge in [-0.05, 0) is 43.0 Å². The fraction of sp³-hybridized carbons (Fsp3) is 0.389. The predicted octanol–water partition coefficient (Wildman–Crippen LogP) is 3.62. The van der Waals surface area contributed by atoms with E-state index in [-0.39, 0.29) is 30.7 Å². The number of hydrogen-bond donors (Lipinski definition) is 1. The molecule has 1 aromatic heterocycles. The van der Waals surface area contributed by atoms with Gasteiger partial charge in [0, 0.05) is 31.9 Å². The van der Waals surface area contributed by atoms with E-state index < -0.39 is 12.1 Å². The van der Waals surface area contributed by atoms with Gasteiger partial charge in [-0.2, -0.15) is 18.2 Å². The molecule has 0 aliphatic carbocycles. The zero-order valence-corrected chi connectivity index (χ0v) is 14.7. The van der Waals surface area contributed by atoms with E-state index in [4.69, 9.17) is 4.74 Å². The van der Waals surface area contributed by atoms with Crippen molar-refractivity contribution in [3.8, 4) is 11.6 Å². The number of hydrogen-bond acceptors (Lipinski definition) is 5. The maximum absolute atomic E-state index is 12.9. The lowest BCUT2D eigenvalue weighted by atomic mass is 9.97. The molecular formula is C18H18F4N4O2. The summed E-state index contributed by atoms with van der Waals surface area (Å²) in [6.45, 7) is 0.604. The first-order valence-corrected chi connectivity index (χ1v) is 8.68. The van der Waals surface area contributed by atoms with Crippen LogP contribution in [0.25, 0.3) is 0 Å². The van der Waals surface area contributed by atoms with E-state index in [0.717, 1.165) is 4.90 Å². The van der Waals surface area contributed by atoms with Crippen LogP contribution in [0, 0.1) is 11.7 Å². The lowest BCUT2D eigenvalue weighted by Gasteiger charge is -2.32. The largest absolute Gasteiger partial charge is 0.471 e. The van der Waals surface area contributed by atoms with Gasteiger partial charge in [0.05, 0.1) is 0 Å². The predicted molar refractivity (Wildman–Crippen MR) is 92.4 cm³/mol. The Balaban J connectivity index is 1.49. The molecule has 0 bridgehead atoms. The van der Waals surface area contributed by atoms with Crippen molar-refractivity contribution in [1.29, 1.82) is 0 Å². The summed E-state index contributed by atoms with van der Waals surface area (Å²) in [5.41, 5.74) is 0. The highest BCUT2D eigenvalue weighted by Gasteiger charge is 2.43. The van der Waals surface area contributed by atoms with Crippen LogP contribution in [-0.2, 0) is 4.79 Å². The number of piperidine rings is 1. The van der Waals surface area contributed by atoms with E-state index in [9.17, 15) is 22.4 Å². The number of rotatable bonds is 5. The second-order valence-corrected chi connectivity index (χ2v) is 6.39. The van der Waals surface area contributed by atoms with Crippen LogP contribution >= 0.6 is 0 Å². The molecule has 28 heavy (non-hydrogen) atoms. The van der Waals surface area contributed by atoms with Crippen molar-refractivity contribution in [2.24, 2.45) is 5.92 Å². The van der Waals surface area contributed by atoms with E-state index in [1.54, 1.807) is 6.07 Å². The van der Waals surface area contributed by atoms with Crippen molar-refractivity contribution in [2.45, 2.75) is 19.0 Å². The van der Waals surface area contributed by atoms with Gasteiger partial charge in [-0.15, -0.1) is 0 Å². The number of nitrogens with one attached hydrogen (secondary N) is 1. The molecule has 1 N–H and O–H groups in total. The average Bonchev–Trinajstić information content (AvgIpc) is 2.68. The van der Waals surface area contributed by atoms with Crippen molar-refractivity contribution in [3.63, 3.8) is 0 Å². The molecule has 2 aromatic rings. The Hall–Kier alpha value is -2.91. The second-order valence-electron chi connectivity index (χ2n) is 6.39. The van der Waals surface area contributed by atoms with Crippen LogP contribution < -0.4 is 10.1 Å². The SMILES string of the molecule is O=C(N1CCC(CNc2nccc(Oc3ccc(F)cc3)n2)CC1)C(F)(F)F. The van der Waals surface area contributed by atoms with Gasteiger partial charge in [0.1, 0.15) is 11.6 Å². The molecule has 0 saturated carbocycles. The topological polar surface area (TPSA) is 67.4 Å². The number of ether oxygens (including phenoxy) is 1. The standard InChI is InChI=1S/C18H18F4N4O2/c19-13-1-3-14(4-2-13)28-15-5-8-23-17(25-15)24-11-12-6-9-26(10-7-12)16(27)18(20,21)22/h1-5,8,12H,6-7,9-11H2,(H,23,24,25). The van der Waals surface area contributed by atoms with E-state index in [0.29, 0.717) is 31.1 Å². The molecule has 1 aromatic carbocycles. The Kier molecular flexibility index (Phi) is 5.96. The molecule has 0 spiro atoms. The van der Waals surface area contributed by atoms with Crippen molar-refractivity contribution in [3.05, 3.63) is 42.3 Å². The summed E-state index contributed by atoms with van der Waals surface area (Å²) < 4.78 is 55.8. The van der Waals surface area contributed by atoms with Gasteiger partial charge in [0.2, 0.25) is 11.8 Å². The van der Waals surface area contributed by atoms with Gasteiger partial charge in [-0.25, -0.2) is 9.37 Å². The average molecular weight is 398 g/mol. The molecule has 0 atom stereocenters. The molecule has 1 fully saturated rings. The summed E-state index contributed by atoms with van der Waals surface area (Å²) in [5, 5.41) is 3.04. The third-order valence-electron chi connectivity index (χ3n) is 4.36. The quantitative estimate of drug-likeness (QED) is 0.780. The second kappa shape index (κ2) is 8.41. The minimum absolute atomic E-state index is 0.0687. The van der Waals surface area contributed by atoms with Crippen LogP contribution in [0.15, 0.2) is 36.5 Å². The van der Waals surface area contributed by atoms with Crippen LogP contribution in [0.3, 0.4) is 0 Å². The minimum atomic E-state index is -4.83. The van der Waals surface area contributed by atoms with E-state index >= 15 is 0 Å². The summed E-state index contributed by atoms with van der Waals surface area (Å²) in [5.74, 6) is -1.05. The molecule has 1 saturated heterocycles. The van der Waals surface area contributed by atoms with Gasteiger partial charge in [0.15, 0.2) is 0 Å². The number of alkyl halides is 3. The number of anilines is 1. The van der Waals surface area contributed by atoms with Crippen LogP contribution in [0.5, 0.6) is 11.6 Å². The van der Waals surface area contributed by atoms with E-state index in [1.165, 1.54) is 30.5 Å². The first-order chi connectivity index (χ1) is 13.3. The van der Waals surface area contributed by atoms with Crippen molar-refractivity contribution in [1.82, 2.24) is 14.9 Å². The molecular weight excluding hydrogens is 380 g/mol. The van der Waals surface area contributed by atoms with Crippen LogP contribution in [0.2, 0.25) is 0 Å². The number of amides is 1. The summed E-state index contributed by atoms with van der Waals surface area (Å²) >= 11 is 0. The smallest absolute Gasteiger partial charge is 0.439 e. The number of halogens is 4. The summed E-state index contributed by atoms with van der Waals surface area (Å²) in [4.78, 5) is 20.4. The van der Waals surface area contributed by atoms with Gasteiger partial charge >= 0.3 is 12.1 Å². The Bertz CT molecular complexity index is 806. The molecule has 150 valence electrons. The van der Waals surface area contributed by atoms with E-state index in [1.807, 2.05) is 0 Å². The Morgan fingerprint density at radius 1 is 1.18 bits per heavy atom. The number of nitrogens with zero attached hydrogens (tertiary/aromatic N) is 3. The molecule has 1 aliphatic rings. The van der Waals surface area contributed by atoms with Crippen LogP contribution in [-0.4, -0.2) is 46.6 Å². The highest BCUT2D eigenvalue weighted by atomic mass is 19.4. The molecule has 3 rings (SSSR count). The Labute approximate surface area is 158 Å².